The maximum Gasteiger partial charge on any atom is 0.0883 e. The molecule has 0 amide bonds. The molecule has 1 aliphatic heterocycles. The zero-order chi connectivity index (χ0) is 14.0. The quantitative estimate of drug-likeness (QED) is 0.749. The van der Waals surface area contributed by atoms with Crippen LogP contribution in [0.2, 0.25) is 0 Å². The van der Waals surface area contributed by atoms with Gasteiger partial charge in [0.15, 0.2) is 0 Å². The van der Waals surface area contributed by atoms with Gasteiger partial charge in [0.1, 0.15) is 0 Å². The Hall–Kier alpha value is -0.340. The van der Waals surface area contributed by atoms with Crippen molar-refractivity contribution in [3.63, 3.8) is 0 Å². The minimum atomic E-state index is -0.710. The van der Waals surface area contributed by atoms with Gasteiger partial charge in [0, 0.05) is 0 Å². The Morgan fingerprint density at radius 2 is 2.11 bits per heavy atom. The predicted molar refractivity (Wildman–Crippen MR) is 76.6 cm³/mol. The number of ether oxygens (including phenoxy) is 1. The van der Waals surface area contributed by atoms with Crippen molar-refractivity contribution in [1.82, 2.24) is 0 Å². The minimum Gasteiger partial charge on any atom is -0.387 e. The average molecular weight is 254 g/mol. The van der Waals surface area contributed by atoms with Crippen molar-refractivity contribution in [1.29, 1.82) is 0 Å². The predicted octanol–water partition coefficient (Wildman–Crippen LogP) is 4.08. The van der Waals surface area contributed by atoms with Gasteiger partial charge in [-0.3, -0.25) is 0 Å². The van der Waals surface area contributed by atoms with Gasteiger partial charge < -0.3 is 9.84 Å². The van der Waals surface area contributed by atoms with Crippen molar-refractivity contribution in [3.8, 4) is 0 Å². The number of hydrogen-bond donors (Lipinski definition) is 1. The van der Waals surface area contributed by atoms with Crippen molar-refractivity contribution in [2.24, 2.45) is 5.92 Å². The van der Waals surface area contributed by atoms with Gasteiger partial charge in [-0.2, -0.15) is 0 Å². The highest BCUT2D eigenvalue weighted by Gasteiger charge is 2.45. The van der Waals surface area contributed by atoms with Crippen molar-refractivity contribution in [3.05, 3.63) is 11.6 Å². The summed E-state index contributed by atoms with van der Waals surface area (Å²) in [5, 5.41) is 10.6. The van der Waals surface area contributed by atoms with Gasteiger partial charge in [-0.1, -0.05) is 25.5 Å². The van der Waals surface area contributed by atoms with Crippen LogP contribution in [0.1, 0.15) is 67.2 Å². The second kappa shape index (κ2) is 5.75. The summed E-state index contributed by atoms with van der Waals surface area (Å²) in [6.45, 7) is 12.7. The number of hydrogen-bond acceptors (Lipinski definition) is 2. The summed E-state index contributed by atoms with van der Waals surface area (Å²) in [7, 11) is 0. The zero-order valence-electron chi connectivity index (χ0n) is 12.9. The molecule has 0 aromatic heterocycles. The molecule has 1 aliphatic rings. The molecule has 0 saturated carbocycles. The molecule has 1 heterocycles. The lowest BCUT2D eigenvalue weighted by Gasteiger charge is -2.34. The van der Waals surface area contributed by atoms with Crippen molar-refractivity contribution < 1.29 is 9.84 Å². The molecule has 1 N–H and O–H groups in total. The van der Waals surface area contributed by atoms with E-state index in [0.29, 0.717) is 5.92 Å². The van der Waals surface area contributed by atoms with Crippen LogP contribution in [-0.4, -0.2) is 22.4 Å². The van der Waals surface area contributed by atoms with Crippen molar-refractivity contribution in [2.75, 3.05) is 0 Å². The number of aliphatic hydroxyl groups is 1. The summed E-state index contributed by atoms with van der Waals surface area (Å²) >= 11 is 0. The fourth-order valence-corrected chi connectivity index (χ4v) is 2.54. The fourth-order valence-electron chi connectivity index (χ4n) is 2.54. The van der Waals surface area contributed by atoms with Gasteiger partial charge in [0.2, 0.25) is 0 Å². The van der Waals surface area contributed by atoms with Crippen LogP contribution in [0.5, 0.6) is 0 Å². The molecule has 0 radical (unpaired) electrons. The first-order valence-corrected chi connectivity index (χ1v) is 7.21. The average Bonchev–Trinajstić information content (AvgIpc) is 2.62. The van der Waals surface area contributed by atoms with Crippen LogP contribution >= 0.6 is 0 Å². The van der Waals surface area contributed by atoms with E-state index in [0.717, 1.165) is 25.7 Å². The minimum absolute atomic E-state index is 0.0181. The maximum atomic E-state index is 10.6. The van der Waals surface area contributed by atoms with Gasteiger partial charge in [-0.15, -0.1) is 0 Å². The molecule has 0 bridgehead atoms. The standard InChI is InChI=1S/C16H30O2/c1-12(2)8-7-10-15(5,17)14-9-11-16(6,18-14)13(3)4/h8,13-14,17H,7,9-11H2,1-6H3/t14-,15-,16-/m1/s1. The molecule has 3 atom stereocenters. The molecule has 18 heavy (non-hydrogen) atoms. The SMILES string of the molecule is CC(C)=CCC[C@@](C)(O)[C@H]1CC[C@](C)(C(C)C)O1. The van der Waals surface area contributed by atoms with Crippen LogP contribution in [0.15, 0.2) is 11.6 Å². The highest BCUT2D eigenvalue weighted by molar-refractivity contribution is 4.98. The van der Waals surface area contributed by atoms with Crippen LogP contribution in [0.4, 0.5) is 0 Å². The van der Waals surface area contributed by atoms with E-state index >= 15 is 0 Å². The Bertz CT molecular complexity index is 300. The Kier molecular flexibility index (Phi) is 5.02. The zero-order valence-corrected chi connectivity index (χ0v) is 12.9. The smallest absolute Gasteiger partial charge is 0.0883 e. The van der Waals surface area contributed by atoms with E-state index in [1.807, 2.05) is 6.92 Å². The van der Waals surface area contributed by atoms with Gasteiger partial charge in [0.25, 0.3) is 0 Å². The summed E-state index contributed by atoms with van der Waals surface area (Å²) in [5.41, 5.74) is 0.536. The Balaban J connectivity index is 2.57. The first-order valence-electron chi connectivity index (χ1n) is 7.21. The Labute approximate surface area is 112 Å². The lowest BCUT2D eigenvalue weighted by Crippen LogP contribution is -2.42. The molecule has 106 valence electrons. The van der Waals surface area contributed by atoms with Crippen molar-refractivity contribution >= 4 is 0 Å². The lowest BCUT2D eigenvalue weighted by molar-refractivity contribution is -0.139. The van der Waals surface area contributed by atoms with Gasteiger partial charge >= 0.3 is 0 Å². The molecule has 2 nitrogen and oxygen atoms in total. The normalized spacial score (nSPS) is 31.4. The van der Waals surface area contributed by atoms with Crippen LogP contribution < -0.4 is 0 Å². The Morgan fingerprint density at radius 1 is 1.50 bits per heavy atom. The van der Waals surface area contributed by atoms with E-state index in [1.54, 1.807) is 0 Å². The third-order valence-electron chi connectivity index (χ3n) is 4.43. The topological polar surface area (TPSA) is 29.5 Å². The van der Waals surface area contributed by atoms with Crippen LogP contribution in [0.3, 0.4) is 0 Å². The summed E-state index contributed by atoms with van der Waals surface area (Å²) in [5.74, 6) is 0.496. The molecule has 2 heteroatoms. The molecule has 0 aliphatic carbocycles. The Morgan fingerprint density at radius 3 is 2.56 bits per heavy atom. The van der Waals surface area contributed by atoms with Crippen LogP contribution in [0, 0.1) is 5.92 Å². The van der Waals surface area contributed by atoms with E-state index in [4.69, 9.17) is 4.74 Å². The van der Waals surface area contributed by atoms with E-state index in [9.17, 15) is 5.11 Å². The van der Waals surface area contributed by atoms with Crippen molar-refractivity contribution in [2.45, 2.75) is 84.5 Å². The third-order valence-corrected chi connectivity index (χ3v) is 4.43. The molecule has 0 unspecified atom stereocenters. The molecule has 1 rings (SSSR count). The first kappa shape index (κ1) is 15.7. The maximum absolute atomic E-state index is 10.6. The largest absolute Gasteiger partial charge is 0.387 e. The lowest BCUT2D eigenvalue weighted by atomic mass is 9.87. The summed E-state index contributed by atoms with van der Waals surface area (Å²) in [6, 6.07) is 0. The second-order valence-corrected chi connectivity index (χ2v) is 6.79. The van der Waals surface area contributed by atoms with Crippen LogP contribution in [0.25, 0.3) is 0 Å². The van der Waals surface area contributed by atoms with E-state index in [-0.39, 0.29) is 11.7 Å². The fraction of sp³-hybridized carbons (Fsp3) is 0.875. The number of rotatable bonds is 5. The van der Waals surface area contributed by atoms with E-state index in [2.05, 4.69) is 40.7 Å². The molecular weight excluding hydrogens is 224 g/mol. The third kappa shape index (κ3) is 3.83. The monoisotopic (exact) mass is 254 g/mol. The molecular formula is C16H30O2. The van der Waals surface area contributed by atoms with Crippen LogP contribution in [-0.2, 0) is 4.74 Å². The molecule has 0 spiro atoms. The molecule has 1 saturated heterocycles. The highest BCUT2D eigenvalue weighted by Crippen LogP contribution is 2.40. The molecule has 1 fully saturated rings. The van der Waals surface area contributed by atoms with Gasteiger partial charge in [-0.05, 0) is 59.3 Å². The number of allylic oxidation sites excluding steroid dienone is 2. The van der Waals surface area contributed by atoms with E-state index in [1.165, 1.54) is 5.57 Å². The van der Waals surface area contributed by atoms with Gasteiger partial charge in [0.05, 0.1) is 17.3 Å². The first-order chi connectivity index (χ1) is 8.17. The molecule has 0 aromatic carbocycles. The van der Waals surface area contributed by atoms with Gasteiger partial charge in [-0.25, -0.2) is 0 Å². The summed E-state index contributed by atoms with van der Waals surface area (Å²) < 4.78 is 6.16. The molecule has 0 aromatic rings. The van der Waals surface area contributed by atoms with E-state index < -0.39 is 5.60 Å². The highest BCUT2D eigenvalue weighted by atomic mass is 16.5. The summed E-state index contributed by atoms with van der Waals surface area (Å²) in [6.07, 6.45) is 5.88. The second-order valence-electron chi connectivity index (χ2n) is 6.79. The summed E-state index contributed by atoms with van der Waals surface area (Å²) in [4.78, 5) is 0.